The molecule has 2 aromatic carbocycles. The third-order valence-corrected chi connectivity index (χ3v) is 4.46. The minimum absolute atomic E-state index is 0.161. The van der Waals surface area contributed by atoms with Gasteiger partial charge in [0, 0.05) is 10.2 Å². The van der Waals surface area contributed by atoms with Gasteiger partial charge in [0.15, 0.2) is 0 Å². The van der Waals surface area contributed by atoms with Crippen LogP contribution in [0.25, 0.3) is 0 Å². The Kier molecular flexibility index (Phi) is 6.08. The minimum atomic E-state index is -0.275. The molecule has 0 spiro atoms. The van der Waals surface area contributed by atoms with Gasteiger partial charge < -0.3 is 5.32 Å². The number of anilines is 1. The summed E-state index contributed by atoms with van der Waals surface area (Å²) >= 11 is 10.5. The molecule has 6 heteroatoms. The molecule has 1 N–H and O–H groups in total. The highest BCUT2D eigenvalue weighted by atomic mass is 79.9. The molecule has 0 bridgehead atoms. The van der Waals surface area contributed by atoms with Crippen molar-refractivity contribution in [1.82, 2.24) is 0 Å². The number of benzene rings is 2. The molecule has 0 aliphatic rings. The zero-order valence-corrected chi connectivity index (χ0v) is 14.1. The zero-order valence-electron chi connectivity index (χ0n) is 10.9. The Labute approximate surface area is 140 Å². The molecule has 2 aromatic rings. The van der Waals surface area contributed by atoms with Crippen LogP contribution in [0.5, 0.6) is 0 Å². The van der Waals surface area contributed by atoms with Crippen molar-refractivity contribution >= 4 is 50.9 Å². The average molecular weight is 389 g/mol. The summed E-state index contributed by atoms with van der Waals surface area (Å²) in [6, 6.07) is 11.9. The number of rotatable bonds is 5. The first-order chi connectivity index (χ1) is 10.1. The second-order valence-corrected chi connectivity index (χ2v) is 6.57. The van der Waals surface area contributed by atoms with Crippen molar-refractivity contribution in [2.45, 2.75) is 5.75 Å². The summed E-state index contributed by atoms with van der Waals surface area (Å²) in [5.41, 5.74) is 1.16. The van der Waals surface area contributed by atoms with Crippen LogP contribution in [0.1, 0.15) is 5.56 Å². The van der Waals surface area contributed by atoms with Crippen LogP contribution in [-0.2, 0) is 10.5 Å². The lowest BCUT2D eigenvalue weighted by molar-refractivity contribution is -0.113. The first-order valence-corrected chi connectivity index (χ1v) is 8.45. The van der Waals surface area contributed by atoms with Gasteiger partial charge in [-0.3, -0.25) is 4.79 Å². The van der Waals surface area contributed by atoms with Gasteiger partial charge in [0.1, 0.15) is 5.82 Å². The molecular formula is C15H12BrClFNOS. The fraction of sp³-hybridized carbons (Fsp3) is 0.133. The molecule has 21 heavy (non-hydrogen) atoms. The molecule has 110 valence electrons. The summed E-state index contributed by atoms with van der Waals surface area (Å²) < 4.78 is 14.3. The highest BCUT2D eigenvalue weighted by molar-refractivity contribution is 9.10. The molecule has 0 aliphatic carbocycles. The largest absolute Gasteiger partial charge is 0.324 e. The molecule has 0 atom stereocenters. The predicted molar refractivity (Wildman–Crippen MR) is 90.3 cm³/mol. The number of thioether (sulfide) groups is 1. The Bertz CT molecular complexity index is 653. The Balaban J connectivity index is 1.83. The van der Waals surface area contributed by atoms with E-state index in [1.54, 1.807) is 36.4 Å². The number of halogens is 3. The van der Waals surface area contributed by atoms with Gasteiger partial charge in [-0.05, 0) is 29.8 Å². The van der Waals surface area contributed by atoms with E-state index in [2.05, 4.69) is 21.2 Å². The fourth-order valence-electron chi connectivity index (χ4n) is 1.64. The normalized spacial score (nSPS) is 10.4. The number of carbonyl (C=O) groups is 1. The number of nitrogens with one attached hydrogen (secondary N) is 1. The van der Waals surface area contributed by atoms with Gasteiger partial charge in [-0.15, -0.1) is 11.8 Å². The molecule has 0 radical (unpaired) electrons. The smallest absolute Gasteiger partial charge is 0.234 e. The third kappa shape index (κ3) is 5.02. The lowest BCUT2D eigenvalue weighted by Crippen LogP contribution is -2.14. The monoisotopic (exact) mass is 387 g/mol. The van der Waals surface area contributed by atoms with Crippen molar-refractivity contribution in [1.29, 1.82) is 0 Å². The Morgan fingerprint density at radius 1 is 1.29 bits per heavy atom. The van der Waals surface area contributed by atoms with Crippen molar-refractivity contribution in [3.8, 4) is 0 Å². The number of hydrogen-bond donors (Lipinski definition) is 1. The van der Waals surface area contributed by atoms with Crippen molar-refractivity contribution in [2.75, 3.05) is 11.1 Å². The van der Waals surface area contributed by atoms with Crippen molar-refractivity contribution in [3.05, 3.63) is 63.3 Å². The van der Waals surface area contributed by atoms with E-state index in [-0.39, 0.29) is 17.5 Å². The summed E-state index contributed by atoms with van der Waals surface area (Å²) in [5.74, 6) is 0.240. The van der Waals surface area contributed by atoms with Crippen LogP contribution in [-0.4, -0.2) is 11.7 Å². The second kappa shape index (κ2) is 7.82. The predicted octanol–water partition coefficient (Wildman–Crippen LogP) is 5.11. The van der Waals surface area contributed by atoms with Gasteiger partial charge in [0.25, 0.3) is 0 Å². The standard InChI is InChI=1S/C15H12BrClFNOS/c16-11-6-5-10(13(18)7-11)8-21-9-15(20)19-14-4-2-1-3-12(14)17/h1-7H,8-9H2,(H,19,20). The highest BCUT2D eigenvalue weighted by Gasteiger charge is 2.07. The molecule has 0 fully saturated rings. The van der Waals surface area contributed by atoms with Crippen LogP contribution < -0.4 is 5.32 Å². The lowest BCUT2D eigenvalue weighted by Gasteiger charge is -2.07. The third-order valence-electron chi connectivity index (χ3n) is 2.65. The van der Waals surface area contributed by atoms with Gasteiger partial charge in [-0.25, -0.2) is 4.39 Å². The van der Waals surface area contributed by atoms with E-state index < -0.39 is 0 Å². The lowest BCUT2D eigenvalue weighted by atomic mass is 10.2. The first-order valence-electron chi connectivity index (χ1n) is 6.12. The van der Waals surface area contributed by atoms with Crippen LogP contribution in [0.3, 0.4) is 0 Å². The number of carbonyl (C=O) groups excluding carboxylic acids is 1. The van der Waals surface area contributed by atoms with E-state index in [4.69, 9.17) is 11.6 Å². The summed E-state index contributed by atoms with van der Waals surface area (Å²) in [4.78, 5) is 11.8. The minimum Gasteiger partial charge on any atom is -0.324 e. The van der Waals surface area contributed by atoms with Crippen molar-refractivity contribution < 1.29 is 9.18 Å². The molecule has 0 unspecified atom stereocenters. The van der Waals surface area contributed by atoms with E-state index in [0.717, 1.165) is 0 Å². The van der Waals surface area contributed by atoms with Gasteiger partial charge in [0.2, 0.25) is 5.91 Å². The maximum Gasteiger partial charge on any atom is 0.234 e. The molecule has 2 rings (SSSR count). The van der Waals surface area contributed by atoms with Crippen LogP contribution in [0.15, 0.2) is 46.9 Å². The van der Waals surface area contributed by atoms with Crippen LogP contribution in [0, 0.1) is 5.82 Å². The van der Waals surface area contributed by atoms with Crippen molar-refractivity contribution in [3.63, 3.8) is 0 Å². The summed E-state index contributed by atoms with van der Waals surface area (Å²) in [6.07, 6.45) is 0. The first kappa shape index (κ1) is 16.3. The van der Waals surface area contributed by atoms with E-state index in [1.165, 1.54) is 17.8 Å². The molecule has 0 heterocycles. The van der Waals surface area contributed by atoms with Gasteiger partial charge in [-0.2, -0.15) is 0 Å². The molecule has 1 amide bonds. The van der Waals surface area contributed by atoms with Crippen LogP contribution in [0.2, 0.25) is 5.02 Å². The summed E-state index contributed by atoms with van der Waals surface area (Å²) in [6.45, 7) is 0. The number of para-hydroxylation sites is 1. The van der Waals surface area contributed by atoms with Crippen LogP contribution in [0.4, 0.5) is 10.1 Å². The molecule has 0 aromatic heterocycles. The quantitative estimate of drug-likeness (QED) is 0.771. The van der Waals surface area contributed by atoms with Crippen LogP contribution >= 0.6 is 39.3 Å². The average Bonchev–Trinajstić information content (AvgIpc) is 2.44. The Morgan fingerprint density at radius 3 is 2.76 bits per heavy atom. The summed E-state index contributed by atoms with van der Waals surface area (Å²) in [7, 11) is 0. The maximum absolute atomic E-state index is 13.6. The van der Waals surface area contributed by atoms with E-state index in [0.29, 0.717) is 26.5 Å². The zero-order chi connectivity index (χ0) is 15.2. The second-order valence-electron chi connectivity index (χ2n) is 4.26. The van der Waals surface area contributed by atoms with E-state index in [1.807, 2.05) is 0 Å². The fourth-order valence-corrected chi connectivity index (χ4v) is 2.97. The molecule has 0 saturated heterocycles. The SMILES string of the molecule is O=C(CSCc1ccc(Br)cc1F)Nc1ccccc1Cl. The molecule has 0 saturated carbocycles. The molecule has 2 nitrogen and oxygen atoms in total. The summed E-state index contributed by atoms with van der Waals surface area (Å²) in [5, 5.41) is 3.22. The van der Waals surface area contributed by atoms with E-state index in [9.17, 15) is 9.18 Å². The topological polar surface area (TPSA) is 29.1 Å². The highest BCUT2D eigenvalue weighted by Crippen LogP contribution is 2.22. The molecular weight excluding hydrogens is 377 g/mol. The number of amides is 1. The van der Waals surface area contributed by atoms with E-state index >= 15 is 0 Å². The number of hydrogen-bond acceptors (Lipinski definition) is 2. The van der Waals surface area contributed by atoms with Gasteiger partial charge in [0.05, 0.1) is 16.5 Å². The van der Waals surface area contributed by atoms with Gasteiger partial charge >= 0.3 is 0 Å². The maximum atomic E-state index is 13.6. The Morgan fingerprint density at radius 2 is 2.05 bits per heavy atom. The molecule has 0 aliphatic heterocycles. The van der Waals surface area contributed by atoms with Gasteiger partial charge in [-0.1, -0.05) is 45.7 Å². The Hall–Kier alpha value is -1.04. The van der Waals surface area contributed by atoms with Crippen molar-refractivity contribution in [2.24, 2.45) is 0 Å².